The van der Waals surface area contributed by atoms with E-state index in [9.17, 15) is 4.79 Å². The first kappa shape index (κ1) is 13.7. The van der Waals surface area contributed by atoms with Gasteiger partial charge in [0.15, 0.2) is 0 Å². The van der Waals surface area contributed by atoms with E-state index in [4.69, 9.17) is 0 Å². The number of urea groups is 1. The second-order valence-electron chi connectivity index (χ2n) is 5.66. The molecule has 1 unspecified atom stereocenters. The Morgan fingerprint density at radius 3 is 2.62 bits per heavy atom. The molecule has 0 saturated heterocycles. The minimum Gasteiger partial charge on any atom is -0.321 e. The van der Waals surface area contributed by atoms with Crippen molar-refractivity contribution in [2.24, 2.45) is 0 Å². The van der Waals surface area contributed by atoms with Crippen LogP contribution in [-0.2, 0) is 6.42 Å². The Morgan fingerprint density at radius 1 is 1.14 bits per heavy atom. The van der Waals surface area contributed by atoms with Gasteiger partial charge in [-0.1, -0.05) is 42.0 Å². The molecule has 0 fully saturated rings. The van der Waals surface area contributed by atoms with E-state index in [-0.39, 0.29) is 12.1 Å². The smallest absolute Gasteiger partial charge is 0.321 e. The number of carbonyl (C=O) groups is 1. The van der Waals surface area contributed by atoms with Crippen LogP contribution in [0.15, 0.2) is 48.5 Å². The molecule has 0 heterocycles. The average molecular weight is 280 g/mol. The Hall–Kier alpha value is -2.29. The number of benzene rings is 2. The van der Waals surface area contributed by atoms with Gasteiger partial charge in [0.25, 0.3) is 0 Å². The monoisotopic (exact) mass is 280 g/mol. The van der Waals surface area contributed by atoms with Gasteiger partial charge in [-0.05, 0) is 43.0 Å². The maximum absolute atomic E-state index is 12.4. The van der Waals surface area contributed by atoms with Crippen molar-refractivity contribution in [3.05, 3.63) is 65.2 Å². The zero-order valence-electron chi connectivity index (χ0n) is 12.5. The van der Waals surface area contributed by atoms with Crippen LogP contribution in [0, 0.1) is 6.92 Å². The number of carbonyl (C=O) groups excluding carboxylic acids is 1. The van der Waals surface area contributed by atoms with Gasteiger partial charge in [-0.25, -0.2) is 4.79 Å². The van der Waals surface area contributed by atoms with Crippen LogP contribution in [-0.4, -0.2) is 18.0 Å². The van der Waals surface area contributed by atoms with E-state index in [0.29, 0.717) is 0 Å². The molecule has 0 saturated carbocycles. The molecule has 0 bridgehead atoms. The molecule has 0 spiro atoms. The van der Waals surface area contributed by atoms with Gasteiger partial charge in [0, 0.05) is 12.7 Å². The molecule has 0 aliphatic heterocycles. The molecule has 3 heteroatoms. The van der Waals surface area contributed by atoms with Crippen LogP contribution in [0.5, 0.6) is 0 Å². The van der Waals surface area contributed by atoms with Crippen LogP contribution >= 0.6 is 0 Å². The lowest BCUT2D eigenvalue weighted by Gasteiger charge is -2.25. The normalized spacial score (nSPS) is 16.4. The van der Waals surface area contributed by atoms with Crippen molar-refractivity contribution < 1.29 is 4.79 Å². The van der Waals surface area contributed by atoms with Crippen molar-refractivity contribution in [3.63, 3.8) is 0 Å². The maximum atomic E-state index is 12.4. The third-order valence-electron chi connectivity index (χ3n) is 4.19. The van der Waals surface area contributed by atoms with Crippen molar-refractivity contribution in [1.82, 2.24) is 4.90 Å². The van der Waals surface area contributed by atoms with Crippen LogP contribution in [0.4, 0.5) is 10.5 Å². The van der Waals surface area contributed by atoms with Crippen molar-refractivity contribution >= 4 is 11.7 Å². The fourth-order valence-corrected chi connectivity index (χ4v) is 2.93. The number of aryl methyl sites for hydroxylation is 2. The lowest BCUT2D eigenvalue weighted by atomic mass is 10.1. The van der Waals surface area contributed by atoms with Gasteiger partial charge >= 0.3 is 6.03 Å². The second-order valence-corrected chi connectivity index (χ2v) is 5.66. The lowest BCUT2D eigenvalue weighted by molar-refractivity contribution is 0.204. The van der Waals surface area contributed by atoms with Gasteiger partial charge in [-0.3, -0.25) is 0 Å². The fraction of sp³-hybridized carbons (Fsp3) is 0.278. The highest BCUT2D eigenvalue weighted by molar-refractivity contribution is 5.89. The summed E-state index contributed by atoms with van der Waals surface area (Å²) >= 11 is 0. The highest BCUT2D eigenvalue weighted by Crippen LogP contribution is 2.34. The van der Waals surface area contributed by atoms with Crippen molar-refractivity contribution in [1.29, 1.82) is 0 Å². The number of anilines is 1. The van der Waals surface area contributed by atoms with Crippen molar-refractivity contribution in [3.8, 4) is 0 Å². The predicted octanol–water partition coefficient (Wildman–Crippen LogP) is 4.15. The highest BCUT2D eigenvalue weighted by Gasteiger charge is 2.28. The number of amides is 2. The van der Waals surface area contributed by atoms with Crippen LogP contribution in [0.2, 0.25) is 0 Å². The minimum atomic E-state index is -0.0550. The van der Waals surface area contributed by atoms with Gasteiger partial charge < -0.3 is 10.2 Å². The molecule has 108 valence electrons. The summed E-state index contributed by atoms with van der Waals surface area (Å²) in [5.41, 5.74) is 4.66. The lowest BCUT2D eigenvalue weighted by Crippen LogP contribution is -2.33. The van der Waals surface area contributed by atoms with E-state index in [2.05, 4.69) is 23.5 Å². The Balaban J connectivity index is 1.72. The standard InChI is InChI=1S/C18H20N2O/c1-13-7-10-15(11-8-13)19-18(21)20(2)17-12-9-14-5-3-4-6-16(14)17/h3-8,10-11,17H,9,12H2,1-2H3,(H,19,21). The fourth-order valence-electron chi connectivity index (χ4n) is 2.93. The molecule has 1 atom stereocenters. The molecule has 1 aliphatic rings. The third kappa shape index (κ3) is 2.77. The first-order valence-corrected chi connectivity index (χ1v) is 7.33. The number of nitrogens with zero attached hydrogens (tertiary/aromatic N) is 1. The van der Waals surface area contributed by atoms with Gasteiger partial charge in [-0.15, -0.1) is 0 Å². The quantitative estimate of drug-likeness (QED) is 0.880. The first-order chi connectivity index (χ1) is 10.1. The SMILES string of the molecule is Cc1ccc(NC(=O)N(C)C2CCc3ccccc32)cc1. The zero-order valence-corrected chi connectivity index (χ0v) is 12.5. The summed E-state index contributed by atoms with van der Waals surface area (Å²) in [7, 11) is 1.87. The molecule has 21 heavy (non-hydrogen) atoms. The molecule has 1 N–H and O–H groups in total. The Labute approximate surface area is 125 Å². The number of hydrogen-bond donors (Lipinski definition) is 1. The van der Waals surface area contributed by atoms with Gasteiger partial charge in [0.1, 0.15) is 0 Å². The van der Waals surface area contributed by atoms with Crippen LogP contribution in [0.25, 0.3) is 0 Å². The summed E-state index contributed by atoms with van der Waals surface area (Å²) in [5.74, 6) is 0. The van der Waals surface area contributed by atoms with Gasteiger partial charge in [0.05, 0.1) is 6.04 Å². The van der Waals surface area contributed by atoms with E-state index >= 15 is 0 Å². The summed E-state index contributed by atoms with van der Waals surface area (Å²) in [4.78, 5) is 14.2. The van der Waals surface area contributed by atoms with E-state index in [1.165, 1.54) is 16.7 Å². The second kappa shape index (κ2) is 5.60. The van der Waals surface area contributed by atoms with E-state index in [1.54, 1.807) is 0 Å². The molecule has 2 aromatic rings. The maximum Gasteiger partial charge on any atom is 0.322 e. The molecule has 2 amide bonds. The zero-order chi connectivity index (χ0) is 14.8. The molecule has 3 nitrogen and oxygen atoms in total. The van der Waals surface area contributed by atoms with Crippen molar-refractivity contribution in [2.45, 2.75) is 25.8 Å². The summed E-state index contributed by atoms with van der Waals surface area (Å²) in [5, 5.41) is 2.96. The summed E-state index contributed by atoms with van der Waals surface area (Å²) in [6.07, 6.45) is 2.04. The average Bonchev–Trinajstić information content (AvgIpc) is 2.92. The molecule has 0 aromatic heterocycles. The number of nitrogens with one attached hydrogen (secondary N) is 1. The molecule has 3 rings (SSSR count). The van der Waals surface area contributed by atoms with E-state index in [0.717, 1.165) is 18.5 Å². The van der Waals surface area contributed by atoms with Gasteiger partial charge in [0.2, 0.25) is 0 Å². The Bertz CT molecular complexity index is 649. The van der Waals surface area contributed by atoms with Crippen LogP contribution in [0.1, 0.15) is 29.2 Å². The Morgan fingerprint density at radius 2 is 1.86 bits per heavy atom. The van der Waals surface area contributed by atoms with E-state index < -0.39 is 0 Å². The first-order valence-electron chi connectivity index (χ1n) is 7.33. The molecule has 2 aromatic carbocycles. The highest BCUT2D eigenvalue weighted by atomic mass is 16.2. The predicted molar refractivity (Wildman–Crippen MR) is 85.5 cm³/mol. The van der Waals surface area contributed by atoms with Crippen LogP contribution < -0.4 is 5.32 Å². The largest absolute Gasteiger partial charge is 0.322 e. The molecular weight excluding hydrogens is 260 g/mol. The number of rotatable bonds is 2. The van der Waals surface area contributed by atoms with Crippen LogP contribution in [0.3, 0.4) is 0 Å². The number of hydrogen-bond acceptors (Lipinski definition) is 1. The Kier molecular flexibility index (Phi) is 3.65. The van der Waals surface area contributed by atoms with Crippen molar-refractivity contribution in [2.75, 3.05) is 12.4 Å². The van der Waals surface area contributed by atoms with Gasteiger partial charge in [-0.2, -0.15) is 0 Å². The summed E-state index contributed by atoms with van der Waals surface area (Å²) in [6, 6.07) is 16.4. The minimum absolute atomic E-state index is 0.0550. The summed E-state index contributed by atoms with van der Waals surface area (Å²) in [6.45, 7) is 2.03. The van der Waals surface area contributed by atoms with E-state index in [1.807, 2.05) is 49.2 Å². The number of fused-ring (bicyclic) bond motifs is 1. The molecule has 1 aliphatic carbocycles. The topological polar surface area (TPSA) is 32.3 Å². The third-order valence-corrected chi connectivity index (χ3v) is 4.19. The summed E-state index contributed by atoms with van der Waals surface area (Å²) < 4.78 is 0. The molecule has 0 radical (unpaired) electrons. The molecular formula is C18H20N2O.